The fraction of sp³-hybridized carbons (Fsp3) is 0.105. The largest absolute Gasteiger partial charge is 0.454 e. The lowest BCUT2D eigenvalue weighted by molar-refractivity contribution is -0.384. The van der Waals surface area contributed by atoms with E-state index in [1.807, 2.05) is 0 Å². The van der Waals surface area contributed by atoms with Crippen LogP contribution in [0.4, 0.5) is 10.1 Å². The average Bonchev–Trinajstić information content (AvgIpc) is 3.40. The number of esters is 1. The first-order chi connectivity index (χ1) is 15.4. The van der Waals surface area contributed by atoms with Crippen LogP contribution in [0, 0.1) is 15.9 Å². The minimum absolute atomic E-state index is 0.0220. The number of hydrogen-bond acceptors (Lipinski definition) is 10. The molecule has 2 aromatic heterocycles. The highest BCUT2D eigenvalue weighted by Gasteiger charge is 2.16. The molecule has 0 fully saturated rings. The molecule has 0 saturated heterocycles. The molecule has 2 aromatic carbocycles. The second-order valence-corrected chi connectivity index (χ2v) is 6.30. The van der Waals surface area contributed by atoms with Crippen LogP contribution in [0.1, 0.15) is 5.89 Å². The summed E-state index contributed by atoms with van der Waals surface area (Å²) in [5.74, 6) is -2.18. The van der Waals surface area contributed by atoms with Gasteiger partial charge in [-0.05, 0) is 36.4 Å². The molecule has 0 bridgehead atoms. The van der Waals surface area contributed by atoms with E-state index in [1.165, 1.54) is 48.5 Å². The third-order valence-corrected chi connectivity index (χ3v) is 4.12. The Labute approximate surface area is 177 Å². The minimum Gasteiger partial charge on any atom is -0.454 e. The first-order valence-electron chi connectivity index (χ1n) is 8.96. The molecule has 0 aliphatic carbocycles. The molecule has 4 rings (SSSR count). The number of carbonyl (C=O) groups excluding carboxylic acids is 1. The van der Waals surface area contributed by atoms with E-state index in [9.17, 15) is 24.1 Å². The van der Waals surface area contributed by atoms with E-state index in [2.05, 4.69) is 15.3 Å². The lowest BCUT2D eigenvalue weighted by atomic mass is 10.2. The standard InChI is InChI=1S/C19H12FN5O7/c20-13-5-1-12(2-6-13)18-23-24(19(27)32-18)9-16(26)30-10-15-21-22-17(31-15)11-3-7-14(8-4-11)25(28)29/h1-8H,9-10H2. The minimum atomic E-state index is -0.889. The van der Waals surface area contributed by atoms with E-state index in [0.717, 1.165) is 4.68 Å². The Morgan fingerprint density at radius 1 is 1.03 bits per heavy atom. The van der Waals surface area contributed by atoms with Crippen molar-refractivity contribution in [1.29, 1.82) is 0 Å². The molecule has 0 amide bonds. The molecule has 2 heterocycles. The molecule has 0 atom stereocenters. The third kappa shape index (κ3) is 4.56. The van der Waals surface area contributed by atoms with E-state index in [4.69, 9.17) is 13.6 Å². The van der Waals surface area contributed by atoms with Crippen molar-refractivity contribution in [2.75, 3.05) is 0 Å². The van der Waals surface area contributed by atoms with Crippen molar-refractivity contribution < 1.29 is 27.7 Å². The van der Waals surface area contributed by atoms with Gasteiger partial charge in [-0.2, -0.15) is 4.68 Å². The molecule has 0 unspecified atom stereocenters. The van der Waals surface area contributed by atoms with Crippen LogP contribution in [-0.4, -0.2) is 30.9 Å². The molecule has 4 aromatic rings. The van der Waals surface area contributed by atoms with Crippen molar-refractivity contribution in [1.82, 2.24) is 20.0 Å². The van der Waals surface area contributed by atoms with Crippen LogP contribution in [-0.2, 0) is 22.7 Å². The van der Waals surface area contributed by atoms with Crippen LogP contribution in [0.2, 0.25) is 0 Å². The molecular formula is C19H12FN5O7. The normalized spacial score (nSPS) is 10.8. The van der Waals surface area contributed by atoms with E-state index < -0.39 is 29.0 Å². The maximum absolute atomic E-state index is 13.0. The zero-order valence-electron chi connectivity index (χ0n) is 16.0. The molecule has 0 spiro atoms. The van der Waals surface area contributed by atoms with Gasteiger partial charge in [-0.3, -0.25) is 14.9 Å². The molecule has 12 nitrogen and oxygen atoms in total. The van der Waals surface area contributed by atoms with E-state index in [1.54, 1.807) is 0 Å². The van der Waals surface area contributed by atoms with Gasteiger partial charge in [0.2, 0.25) is 11.8 Å². The number of benzene rings is 2. The van der Waals surface area contributed by atoms with Crippen molar-refractivity contribution in [3.05, 3.63) is 80.9 Å². The second kappa shape index (κ2) is 8.59. The van der Waals surface area contributed by atoms with E-state index in [-0.39, 0.29) is 30.0 Å². The fourth-order valence-corrected chi connectivity index (χ4v) is 2.58. The topological polar surface area (TPSA) is 156 Å². The van der Waals surface area contributed by atoms with Crippen molar-refractivity contribution in [3.8, 4) is 22.9 Å². The zero-order valence-corrected chi connectivity index (χ0v) is 16.0. The molecule has 0 saturated carbocycles. The molecule has 0 aliphatic heterocycles. The summed E-state index contributed by atoms with van der Waals surface area (Å²) in [5, 5.41) is 22.1. The first kappa shape index (κ1) is 20.6. The Hall–Kier alpha value is -4.68. The highest BCUT2D eigenvalue weighted by Crippen LogP contribution is 2.21. The third-order valence-electron chi connectivity index (χ3n) is 4.12. The van der Waals surface area contributed by atoms with Gasteiger partial charge in [-0.25, -0.2) is 9.18 Å². The molecule has 32 heavy (non-hydrogen) atoms. The Morgan fingerprint density at radius 3 is 2.38 bits per heavy atom. The second-order valence-electron chi connectivity index (χ2n) is 6.30. The number of carbonyl (C=O) groups is 1. The van der Waals surface area contributed by atoms with E-state index >= 15 is 0 Å². The van der Waals surface area contributed by atoms with Gasteiger partial charge >= 0.3 is 11.7 Å². The van der Waals surface area contributed by atoms with Crippen LogP contribution in [0.5, 0.6) is 0 Å². The predicted molar refractivity (Wildman–Crippen MR) is 102 cm³/mol. The van der Waals surface area contributed by atoms with Gasteiger partial charge in [-0.1, -0.05) is 0 Å². The van der Waals surface area contributed by atoms with Gasteiger partial charge in [0.1, 0.15) is 12.4 Å². The summed E-state index contributed by atoms with van der Waals surface area (Å²) >= 11 is 0. The van der Waals surface area contributed by atoms with Crippen LogP contribution in [0.15, 0.2) is 62.2 Å². The average molecular weight is 441 g/mol. The van der Waals surface area contributed by atoms with E-state index in [0.29, 0.717) is 11.1 Å². The van der Waals surface area contributed by atoms with Crippen LogP contribution >= 0.6 is 0 Å². The van der Waals surface area contributed by atoms with Crippen LogP contribution < -0.4 is 5.76 Å². The molecule has 0 aliphatic rings. The first-order valence-corrected chi connectivity index (χ1v) is 8.96. The quantitative estimate of drug-likeness (QED) is 0.237. The van der Waals surface area contributed by atoms with Gasteiger partial charge in [-0.15, -0.1) is 15.3 Å². The number of halogens is 1. The lowest BCUT2D eigenvalue weighted by Crippen LogP contribution is -2.23. The number of nitro groups is 1. The van der Waals surface area contributed by atoms with Crippen LogP contribution in [0.25, 0.3) is 22.9 Å². The van der Waals surface area contributed by atoms with Crippen molar-refractivity contribution in [2.45, 2.75) is 13.2 Å². The number of nitrogens with zero attached hydrogens (tertiary/aromatic N) is 5. The summed E-state index contributed by atoms with van der Waals surface area (Å²) in [6, 6.07) is 10.6. The number of ether oxygens (including phenoxy) is 1. The Bertz CT molecular complexity index is 1330. The number of nitro benzene ring substituents is 1. The number of non-ortho nitro benzene ring substituents is 1. The Balaban J connectivity index is 1.36. The monoisotopic (exact) mass is 441 g/mol. The van der Waals surface area contributed by atoms with Crippen molar-refractivity contribution in [3.63, 3.8) is 0 Å². The molecular weight excluding hydrogens is 429 g/mol. The molecule has 13 heteroatoms. The van der Waals surface area contributed by atoms with Crippen molar-refractivity contribution in [2.24, 2.45) is 0 Å². The van der Waals surface area contributed by atoms with Crippen LogP contribution in [0.3, 0.4) is 0 Å². The van der Waals surface area contributed by atoms with Gasteiger partial charge in [0.05, 0.1) is 4.92 Å². The molecule has 0 N–H and O–H groups in total. The number of aromatic nitrogens is 4. The maximum atomic E-state index is 13.0. The number of hydrogen-bond donors (Lipinski definition) is 0. The molecule has 162 valence electrons. The highest BCUT2D eigenvalue weighted by molar-refractivity contribution is 5.69. The van der Waals surface area contributed by atoms with Gasteiger partial charge in [0.25, 0.3) is 11.6 Å². The summed E-state index contributed by atoms with van der Waals surface area (Å²) in [7, 11) is 0. The Morgan fingerprint density at radius 2 is 1.69 bits per heavy atom. The SMILES string of the molecule is O=C(Cn1nc(-c2ccc(F)cc2)oc1=O)OCc1nnc(-c2ccc([N+](=O)[O-])cc2)o1. The maximum Gasteiger partial charge on any atom is 0.437 e. The Kier molecular flexibility index (Phi) is 5.53. The summed E-state index contributed by atoms with van der Waals surface area (Å²) in [4.78, 5) is 34.1. The summed E-state index contributed by atoms with van der Waals surface area (Å²) in [6.45, 7) is -0.900. The van der Waals surface area contributed by atoms with Crippen molar-refractivity contribution >= 4 is 11.7 Å². The molecule has 0 radical (unpaired) electrons. The zero-order chi connectivity index (χ0) is 22.7. The van der Waals surface area contributed by atoms with Gasteiger partial charge < -0.3 is 13.6 Å². The summed E-state index contributed by atoms with van der Waals surface area (Å²) < 4.78 is 29.1. The fourth-order valence-electron chi connectivity index (χ4n) is 2.58. The summed E-state index contributed by atoms with van der Waals surface area (Å²) in [5.41, 5.74) is 0.719. The van der Waals surface area contributed by atoms with Gasteiger partial charge in [0, 0.05) is 23.3 Å². The van der Waals surface area contributed by atoms with Gasteiger partial charge in [0.15, 0.2) is 6.61 Å². The smallest absolute Gasteiger partial charge is 0.437 e. The predicted octanol–water partition coefficient (Wildman–Crippen LogP) is 2.34. The highest BCUT2D eigenvalue weighted by atomic mass is 19.1. The summed E-state index contributed by atoms with van der Waals surface area (Å²) in [6.07, 6.45) is 0. The number of rotatable bonds is 7. The lowest BCUT2D eigenvalue weighted by Gasteiger charge is -2.00.